The van der Waals surface area contributed by atoms with E-state index in [1.807, 2.05) is 0 Å². The van der Waals surface area contributed by atoms with Gasteiger partial charge in [-0.05, 0) is 31.2 Å². The van der Waals surface area contributed by atoms with Crippen LogP contribution in [0.3, 0.4) is 0 Å². The Hall–Kier alpha value is -2.80. The van der Waals surface area contributed by atoms with Crippen LogP contribution < -0.4 is 4.74 Å². The molecule has 1 aromatic carbocycles. The highest BCUT2D eigenvalue weighted by Crippen LogP contribution is 2.15. The van der Waals surface area contributed by atoms with Crippen molar-refractivity contribution < 1.29 is 33.3 Å². The zero-order valence-electron chi connectivity index (χ0n) is 14.2. The van der Waals surface area contributed by atoms with Crippen LogP contribution in [0.25, 0.3) is 0 Å². The van der Waals surface area contributed by atoms with E-state index in [1.54, 1.807) is 24.3 Å². The second-order valence-electron chi connectivity index (χ2n) is 5.07. The van der Waals surface area contributed by atoms with E-state index >= 15 is 0 Å². The molecule has 0 aliphatic carbocycles. The van der Waals surface area contributed by atoms with Crippen LogP contribution >= 0.6 is 11.6 Å². The summed E-state index contributed by atoms with van der Waals surface area (Å²) in [5.74, 6) is -1.64. The highest BCUT2D eigenvalue weighted by atomic mass is 35.5. The number of esters is 3. The molecule has 0 aliphatic heterocycles. The van der Waals surface area contributed by atoms with Crippen LogP contribution in [0, 0.1) is 0 Å². The predicted molar refractivity (Wildman–Crippen MR) is 93.8 cm³/mol. The van der Waals surface area contributed by atoms with Crippen LogP contribution in [0.1, 0.15) is 6.92 Å². The maximum Gasteiger partial charge on any atom is 0.344 e. The Bertz CT molecular complexity index is 667. The van der Waals surface area contributed by atoms with E-state index < -0.39 is 24.0 Å². The monoisotopic (exact) mass is 382 g/mol. The number of rotatable bonds is 10. The van der Waals surface area contributed by atoms with Crippen molar-refractivity contribution in [2.75, 3.05) is 19.8 Å². The molecule has 0 fully saturated rings. The van der Waals surface area contributed by atoms with Gasteiger partial charge in [-0.15, -0.1) is 0 Å². The fraction of sp³-hybridized carbons (Fsp3) is 0.278. The molecule has 1 atom stereocenters. The summed E-state index contributed by atoms with van der Waals surface area (Å²) in [4.78, 5) is 34.5. The highest BCUT2D eigenvalue weighted by molar-refractivity contribution is 6.30. The second-order valence-corrected chi connectivity index (χ2v) is 5.50. The Morgan fingerprint density at radius 3 is 2.35 bits per heavy atom. The minimum absolute atomic E-state index is 0.155. The summed E-state index contributed by atoms with van der Waals surface area (Å²) in [5.41, 5.74) is 0.155. The first kappa shape index (κ1) is 21.2. The summed E-state index contributed by atoms with van der Waals surface area (Å²) in [6, 6.07) is 6.43. The van der Waals surface area contributed by atoms with Crippen molar-refractivity contribution in [3.05, 3.63) is 54.1 Å². The molecule has 0 saturated carbocycles. The van der Waals surface area contributed by atoms with Crippen LogP contribution in [0.15, 0.2) is 49.1 Å². The van der Waals surface area contributed by atoms with Crippen molar-refractivity contribution in [3.63, 3.8) is 0 Å². The summed E-state index contributed by atoms with van der Waals surface area (Å²) in [6.07, 6.45) is -0.0218. The molecule has 0 spiro atoms. The average molecular weight is 383 g/mol. The molecule has 8 heteroatoms. The fourth-order valence-corrected chi connectivity index (χ4v) is 1.63. The van der Waals surface area contributed by atoms with E-state index in [2.05, 4.69) is 13.2 Å². The lowest BCUT2D eigenvalue weighted by Gasteiger charge is -2.17. The first-order valence-electron chi connectivity index (χ1n) is 7.51. The highest BCUT2D eigenvalue weighted by Gasteiger charge is 2.19. The quantitative estimate of drug-likeness (QED) is 0.349. The summed E-state index contributed by atoms with van der Waals surface area (Å²) < 4.78 is 20.1. The average Bonchev–Trinajstić information content (AvgIpc) is 2.62. The molecule has 7 nitrogen and oxygen atoms in total. The molecule has 0 aliphatic rings. The fourth-order valence-electron chi connectivity index (χ4n) is 1.50. The summed E-state index contributed by atoms with van der Waals surface area (Å²) >= 11 is 5.75. The van der Waals surface area contributed by atoms with Gasteiger partial charge in [-0.2, -0.15) is 0 Å². The van der Waals surface area contributed by atoms with E-state index in [0.717, 1.165) is 6.08 Å². The van der Waals surface area contributed by atoms with Crippen molar-refractivity contribution in [2.45, 2.75) is 13.0 Å². The maximum absolute atomic E-state index is 11.7. The third-order valence-corrected chi connectivity index (χ3v) is 3.05. The number of carbonyl (C=O) groups is 3. The molecule has 0 aromatic heterocycles. The molecule has 0 amide bonds. The van der Waals surface area contributed by atoms with Crippen molar-refractivity contribution in [1.29, 1.82) is 0 Å². The van der Waals surface area contributed by atoms with Crippen molar-refractivity contribution in [1.82, 2.24) is 0 Å². The molecule has 140 valence electrons. The van der Waals surface area contributed by atoms with Gasteiger partial charge < -0.3 is 18.9 Å². The number of carbonyl (C=O) groups excluding carboxylic acids is 3. The lowest BCUT2D eigenvalue weighted by molar-refractivity contribution is -0.163. The van der Waals surface area contributed by atoms with E-state index in [4.69, 9.17) is 30.5 Å². The van der Waals surface area contributed by atoms with Gasteiger partial charge in [0, 0.05) is 16.7 Å². The number of benzene rings is 1. The summed E-state index contributed by atoms with van der Waals surface area (Å²) in [5, 5.41) is 0.538. The zero-order chi connectivity index (χ0) is 19.5. The minimum atomic E-state index is -0.984. The second kappa shape index (κ2) is 10.9. The molecule has 0 bridgehead atoms. The first-order valence-corrected chi connectivity index (χ1v) is 7.89. The van der Waals surface area contributed by atoms with Gasteiger partial charge in [0.05, 0.1) is 0 Å². The molecule has 0 saturated heterocycles. The Balaban J connectivity index is 2.48. The number of hydrogen-bond donors (Lipinski definition) is 0. The lowest BCUT2D eigenvalue weighted by Crippen LogP contribution is -2.31. The van der Waals surface area contributed by atoms with Gasteiger partial charge in [0.25, 0.3) is 0 Å². The number of hydrogen-bond acceptors (Lipinski definition) is 7. The topological polar surface area (TPSA) is 88.1 Å². The van der Waals surface area contributed by atoms with Gasteiger partial charge in [0.15, 0.2) is 12.7 Å². The molecule has 0 N–H and O–H groups in total. The predicted octanol–water partition coefficient (Wildman–Crippen LogP) is 2.48. The van der Waals surface area contributed by atoms with Gasteiger partial charge in [-0.1, -0.05) is 24.8 Å². The normalized spacial score (nSPS) is 11.0. The number of halogens is 1. The van der Waals surface area contributed by atoms with E-state index in [9.17, 15) is 14.4 Å². The Kier molecular flexibility index (Phi) is 8.94. The maximum atomic E-state index is 11.7. The molecular formula is C18H19ClO7. The molecule has 1 unspecified atom stereocenters. The van der Waals surface area contributed by atoms with Gasteiger partial charge >= 0.3 is 17.9 Å². The molecule has 1 rings (SSSR count). The Morgan fingerprint density at radius 2 is 1.77 bits per heavy atom. The van der Waals surface area contributed by atoms with E-state index in [-0.39, 0.29) is 25.4 Å². The van der Waals surface area contributed by atoms with Crippen LogP contribution in [-0.2, 0) is 28.6 Å². The molecule has 1 aromatic rings. The van der Waals surface area contributed by atoms with E-state index in [0.29, 0.717) is 10.8 Å². The molecular weight excluding hydrogens is 364 g/mol. The number of ether oxygens (including phenoxy) is 4. The van der Waals surface area contributed by atoms with Crippen LogP contribution in [0.5, 0.6) is 5.75 Å². The minimum Gasteiger partial charge on any atom is -0.482 e. The lowest BCUT2D eigenvalue weighted by atomic mass is 10.3. The SMILES string of the molecule is C=CC(=O)OCC(COC(=O)COc1ccc(Cl)cc1)OC(=O)C(=C)C. The Morgan fingerprint density at radius 1 is 1.15 bits per heavy atom. The molecule has 0 heterocycles. The van der Waals surface area contributed by atoms with E-state index in [1.165, 1.54) is 6.92 Å². The van der Waals surface area contributed by atoms with Crippen molar-refractivity contribution in [2.24, 2.45) is 0 Å². The van der Waals surface area contributed by atoms with Crippen LogP contribution in [-0.4, -0.2) is 43.8 Å². The Labute approximate surface area is 156 Å². The molecule has 0 radical (unpaired) electrons. The van der Waals surface area contributed by atoms with Crippen molar-refractivity contribution >= 4 is 29.5 Å². The van der Waals surface area contributed by atoms with Crippen LogP contribution in [0.4, 0.5) is 0 Å². The van der Waals surface area contributed by atoms with Gasteiger partial charge in [0.2, 0.25) is 0 Å². The molecule has 26 heavy (non-hydrogen) atoms. The smallest absolute Gasteiger partial charge is 0.344 e. The summed E-state index contributed by atoms with van der Waals surface area (Å²) in [7, 11) is 0. The van der Waals surface area contributed by atoms with Crippen LogP contribution in [0.2, 0.25) is 5.02 Å². The third kappa shape index (κ3) is 8.34. The summed E-state index contributed by atoms with van der Waals surface area (Å²) in [6.45, 7) is 7.20. The zero-order valence-corrected chi connectivity index (χ0v) is 15.0. The standard InChI is InChI=1S/C18H19ClO7/c1-4-16(20)24-9-15(26-18(22)12(2)3)10-25-17(21)11-23-14-7-5-13(19)6-8-14/h4-8,15H,1-2,9-11H2,3H3. The first-order chi connectivity index (χ1) is 12.3. The third-order valence-electron chi connectivity index (χ3n) is 2.80. The van der Waals surface area contributed by atoms with Gasteiger partial charge in [0.1, 0.15) is 19.0 Å². The largest absolute Gasteiger partial charge is 0.482 e. The van der Waals surface area contributed by atoms with Crippen molar-refractivity contribution in [3.8, 4) is 5.75 Å². The van der Waals surface area contributed by atoms with Gasteiger partial charge in [-0.25, -0.2) is 14.4 Å². The van der Waals surface area contributed by atoms with Gasteiger partial charge in [-0.3, -0.25) is 0 Å².